The number of benzene rings is 1. The Bertz CT molecular complexity index is 981. The van der Waals surface area contributed by atoms with Gasteiger partial charge in [-0.15, -0.1) is 0 Å². The van der Waals surface area contributed by atoms with E-state index in [1.807, 2.05) is 0 Å². The van der Waals surface area contributed by atoms with Gasteiger partial charge in [0.2, 0.25) is 0 Å². The Labute approximate surface area is 199 Å². The summed E-state index contributed by atoms with van der Waals surface area (Å²) in [5.41, 5.74) is -13.1. The Morgan fingerprint density at radius 3 is 1.70 bits per heavy atom. The smallest absolute Gasteiger partial charge is 0.460 e. The standard InChI is InChI=1S/C19H16F12O6/c1-4-35-9(3)36-12-6-10(14(33,17(23,24)25)18(26,27)28)5-11(7-12)15(34,19(29,30)31)37-13(32)8(2)16(20,21)22/h5-7,9,33-34H,2,4H2,1,3H3. The normalized spacial score (nSPS) is 16.1. The van der Waals surface area contributed by atoms with Crippen LogP contribution in [0, 0.1) is 0 Å². The maximum atomic E-state index is 13.7. The summed E-state index contributed by atoms with van der Waals surface area (Å²) >= 11 is 0. The lowest BCUT2D eigenvalue weighted by atomic mass is 9.89. The number of ether oxygens (including phenoxy) is 3. The van der Waals surface area contributed by atoms with Gasteiger partial charge in [-0.25, -0.2) is 4.79 Å². The molecule has 0 saturated carbocycles. The van der Waals surface area contributed by atoms with Gasteiger partial charge in [-0.1, -0.05) is 6.58 Å². The van der Waals surface area contributed by atoms with Crippen LogP contribution in [0.15, 0.2) is 30.4 Å². The van der Waals surface area contributed by atoms with Crippen molar-refractivity contribution < 1.29 is 81.9 Å². The molecule has 0 bridgehead atoms. The second-order valence-electron chi connectivity index (χ2n) is 7.10. The fourth-order valence-electron chi connectivity index (χ4n) is 2.61. The van der Waals surface area contributed by atoms with Crippen molar-refractivity contribution in [2.75, 3.05) is 6.61 Å². The Balaban J connectivity index is 4.01. The van der Waals surface area contributed by atoms with E-state index in [1.54, 1.807) is 0 Å². The number of esters is 1. The third-order valence-corrected chi connectivity index (χ3v) is 4.45. The molecule has 0 aliphatic carbocycles. The number of halogens is 12. The van der Waals surface area contributed by atoms with E-state index in [4.69, 9.17) is 9.47 Å². The summed E-state index contributed by atoms with van der Waals surface area (Å²) in [7, 11) is 0. The van der Waals surface area contributed by atoms with Crippen LogP contribution in [0.5, 0.6) is 5.75 Å². The van der Waals surface area contributed by atoms with Gasteiger partial charge in [0.15, 0.2) is 6.29 Å². The van der Waals surface area contributed by atoms with E-state index < -0.39 is 76.9 Å². The summed E-state index contributed by atoms with van der Waals surface area (Å²) in [6, 6.07) is -1.03. The molecular weight excluding hydrogens is 552 g/mol. The van der Waals surface area contributed by atoms with E-state index in [2.05, 4.69) is 11.3 Å². The Morgan fingerprint density at radius 2 is 1.32 bits per heavy atom. The number of carbonyl (C=O) groups is 1. The molecule has 0 fully saturated rings. The Hall–Kier alpha value is -2.73. The molecule has 1 aromatic carbocycles. The third-order valence-electron chi connectivity index (χ3n) is 4.45. The average molecular weight is 568 g/mol. The van der Waals surface area contributed by atoms with Crippen molar-refractivity contribution in [3.05, 3.63) is 41.5 Å². The average Bonchev–Trinajstić information content (AvgIpc) is 2.69. The molecule has 0 aromatic heterocycles. The van der Waals surface area contributed by atoms with Crippen LogP contribution in [0.1, 0.15) is 25.0 Å². The molecule has 1 rings (SSSR count). The van der Waals surface area contributed by atoms with Gasteiger partial charge in [-0.2, -0.15) is 52.7 Å². The zero-order valence-electron chi connectivity index (χ0n) is 18.3. The third kappa shape index (κ3) is 6.59. The van der Waals surface area contributed by atoms with Crippen molar-refractivity contribution in [3.63, 3.8) is 0 Å². The van der Waals surface area contributed by atoms with Gasteiger partial charge in [-0.05, 0) is 32.0 Å². The molecule has 0 heterocycles. The minimum atomic E-state index is -6.65. The predicted octanol–water partition coefficient (Wildman–Crippen LogP) is 5.13. The molecule has 1 aromatic rings. The van der Waals surface area contributed by atoms with E-state index in [9.17, 15) is 67.7 Å². The molecule has 212 valence electrons. The van der Waals surface area contributed by atoms with Gasteiger partial charge in [-0.3, -0.25) is 0 Å². The molecule has 0 spiro atoms. The van der Waals surface area contributed by atoms with E-state index in [1.165, 1.54) is 6.92 Å². The van der Waals surface area contributed by atoms with Crippen molar-refractivity contribution in [3.8, 4) is 5.75 Å². The lowest BCUT2D eigenvalue weighted by Crippen LogP contribution is -2.54. The fraction of sp³-hybridized carbons (Fsp3) is 0.526. The van der Waals surface area contributed by atoms with Gasteiger partial charge in [0.05, 0.1) is 0 Å². The maximum absolute atomic E-state index is 13.7. The van der Waals surface area contributed by atoms with Crippen LogP contribution < -0.4 is 4.74 Å². The molecule has 18 heteroatoms. The van der Waals surface area contributed by atoms with E-state index in [-0.39, 0.29) is 18.7 Å². The first-order valence-corrected chi connectivity index (χ1v) is 9.41. The van der Waals surface area contributed by atoms with Gasteiger partial charge >= 0.3 is 36.5 Å². The van der Waals surface area contributed by atoms with Crippen molar-refractivity contribution >= 4 is 5.97 Å². The molecule has 0 saturated heterocycles. The number of aliphatic hydroxyl groups is 2. The number of alkyl halides is 12. The van der Waals surface area contributed by atoms with Crippen molar-refractivity contribution in [1.82, 2.24) is 0 Å². The maximum Gasteiger partial charge on any atom is 0.460 e. The van der Waals surface area contributed by atoms with Crippen LogP contribution in [-0.4, -0.2) is 53.8 Å². The number of hydrogen-bond donors (Lipinski definition) is 2. The van der Waals surface area contributed by atoms with Crippen LogP contribution >= 0.6 is 0 Å². The Kier molecular flexibility index (Phi) is 8.91. The summed E-state index contributed by atoms with van der Waals surface area (Å²) in [5, 5.41) is 19.7. The van der Waals surface area contributed by atoms with Crippen molar-refractivity contribution in [1.29, 1.82) is 0 Å². The van der Waals surface area contributed by atoms with Crippen LogP contribution in [0.4, 0.5) is 52.7 Å². The molecule has 6 nitrogen and oxygen atoms in total. The summed E-state index contributed by atoms with van der Waals surface area (Å²) in [5.74, 6) is -9.61. The number of rotatable bonds is 8. The van der Waals surface area contributed by atoms with E-state index in [0.717, 1.165) is 6.92 Å². The first-order valence-electron chi connectivity index (χ1n) is 9.41. The van der Waals surface area contributed by atoms with Gasteiger partial charge in [0.1, 0.15) is 11.3 Å². The van der Waals surface area contributed by atoms with Crippen LogP contribution in [-0.2, 0) is 25.7 Å². The lowest BCUT2D eigenvalue weighted by molar-refractivity contribution is -0.376. The SMILES string of the molecule is C=C(C(=O)OC(O)(c1cc(OC(C)OCC)cc(C(O)(C(F)(F)F)C(F)(F)F)c1)C(F)(F)F)C(F)(F)F. The van der Waals surface area contributed by atoms with Gasteiger partial charge < -0.3 is 24.4 Å². The lowest BCUT2D eigenvalue weighted by Gasteiger charge is -2.35. The predicted molar refractivity (Wildman–Crippen MR) is 95.4 cm³/mol. The second-order valence-corrected chi connectivity index (χ2v) is 7.10. The van der Waals surface area contributed by atoms with Crippen molar-refractivity contribution in [2.24, 2.45) is 0 Å². The highest BCUT2D eigenvalue weighted by Crippen LogP contribution is 2.52. The van der Waals surface area contributed by atoms with Crippen LogP contribution in [0.25, 0.3) is 0 Å². The molecule has 0 aliphatic rings. The molecule has 0 amide bonds. The summed E-state index contributed by atoms with van der Waals surface area (Å²) < 4.78 is 172. The quantitative estimate of drug-likeness (QED) is 0.196. The minimum Gasteiger partial charge on any atom is -0.465 e. The molecule has 2 N–H and O–H groups in total. The highest BCUT2D eigenvalue weighted by atomic mass is 19.4. The number of carbonyl (C=O) groups excluding carboxylic acids is 1. The highest BCUT2D eigenvalue weighted by Gasteiger charge is 2.72. The zero-order valence-corrected chi connectivity index (χ0v) is 18.3. The van der Waals surface area contributed by atoms with E-state index in [0.29, 0.717) is 0 Å². The molecule has 37 heavy (non-hydrogen) atoms. The summed E-state index contributed by atoms with van der Waals surface area (Å²) in [6.07, 6.45) is -26.9. The zero-order chi connectivity index (χ0) is 29.4. The molecule has 2 atom stereocenters. The largest absolute Gasteiger partial charge is 0.465 e. The van der Waals surface area contributed by atoms with E-state index >= 15 is 0 Å². The summed E-state index contributed by atoms with van der Waals surface area (Å²) in [4.78, 5) is 11.6. The highest BCUT2D eigenvalue weighted by molar-refractivity contribution is 5.89. The van der Waals surface area contributed by atoms with Gasteiger partial charge in [0.25, 0.3) is 5.60 Å². The van der Waals surface area contributed by atoms with Crippen LogP contribution in [0.3, 0.4) is 0 Å². The monoisotopic (exact) mass is 568 g/mol. The molecule has 0 radical (unpaired) electrons. The second kappa shape index (κ2) is 10.2. The molecular formula is C19H16F12O6. The summed E-state index contributed by atoms with van der Waals surface area (Å²) in [6.45, 7) is 4.26. The topological polar surface area (TPSA) is 85.2 Å². The number of hydrogen-bond acceptors (Lipinski definition) is 6. The molecule has 2 unspecified atom stereocenters. The first kappa shape index (κ1) is 32.3. The molecule has 0 aliphatic heterocycles. The van der Waals surface area contributed by atoms with Crippen molar-refractivity contribution in [2.45, 2.75) is 56.2 Å². The Morgan fingerprint density at radius 1 is 0.865 bits per heavy atom. The fourth-order valence-corrected chi connectivity index (χ4v) is 2.61. The van der Waals surface area contributed by atoms with Gasteiger partial charge in [0, 0.05) is 17.7 Å². The first-order chi connectivity index (χ1) is 16.3. The minimum absolute atomic E-state index is 0.0939. The van der Waals surface area contributed by atoms with Crippen LogP contribution in [0.2, 0.25) is 0 Å².